The van der Waals surface area contributed by atoms with Gasteiger partial charge in [0.15, 0.2) is 0 Å². The van der Waals surface area contributed by atoms with Gasteiger partial charge in [-0.15, -0.1) is 0 Å². The van der Waals surface area contributed by atoms with Crippen LogP contribution in [0.25, 0.3) is 0 Å². The molecule has 0 radical (unpaired) electrons. The van der Waals surface area contributed by atoms with Gasteiger partial charge in [0.2, 0.25) is 0 Å². The van der Waals surface area contributed by atoms with Gasteiger partial charge in [-0.05, 0) is 24.1 Å². The minimum absolute atomic E-state index is 0.236. The molecule has 0 aliphatic rings. The molecule has 0 bridgehead atoms. The molecule has 1 aromatic rings. The number of rotatable bonds is 7. The van der Waals surface area contributed by atoms with Gasteiger partial charge in [0.05, 0.1) is 13.2 Å². The molecular weight excluding hydrogens is 216 g/mol. The predicted octanol–water partition coefficient (Wildman–Crippen LogP) is 2.97. The van der Waals surface area contributed by atoms with Crippen molar-refractivity contribution in [3.63, 3.8) is 0 Å². The Morgan fingerprint density at radius 3 is 2.82 bits per heavy atom. The molecule has 0 unspecified atom stereocenters. The summed E-state index contributed by atoms with van der Waals surface area (Å²) in [5, 5.41) is 0. The van der Waals surface area contributed by atoms with Crippen molar-refractivity contribution in [2.75, 3.05) is 13.2 Å². The van der Waals surface area contributed by atoms with Crippen molar-refractivity contribution in [2.45, 2.75) is 33.1 Å². The number of hydrogen-bond donors (Lipinski definition) is 0. The Kier molecular flexibility index (Phi) is 6.15. The largest absolute Gasteiger partial charge is 0.494 e. The van der Waals surface area contributed by atoms with E-state index in [1.807, 2.05) is 24.3 Å². The molecular formula is C14H20O3. The molecule has 94 valence electrons. The first kappa shape index (κ1) is 13.6. The van der Waals surface area contributed by atoms with E-state index in [9.17, 15) is 4.79 Å². The third-order valence-electron chi connectivity index (χ3n) is 2.36. The van der Waals surface area contributed by atoms with Crippen LogP contribution in [0.3, 0.4) is 0 Å². The van der Waals surface area contributed by atoms with Crippen LogP contribution in [0.5, 0.6) is 5.75 Å². The lowest BCUT2D eigenvalue weighted by molar-refractivity contribution is -0.140. The zero-order valence-corrected chi connectivity index (χ0v) is 10.6. The Morgan fingerprint density at radius 2 is 2.12 bits per heavy atom. The number of benzene rings is 1. The standard InChI is InChI=1S/C14H20O3/c1-3-4-9-17-14-7-5-6-13(11-14)8-10-16-12(2)15/h5-7,11H,3-4,8-10H2,1-2H3. The summed E-state index contributed by atoms with van der Waals surface area (Å²) < 4.78 is 10.5. The Hall–Kier alpha value is -1.51. The number of hydrogen-bond acceptors (Lipinski definition) is 3. The molecule has 0 aliphatic carbocycles. The van der Waals surface area contributed by atoms with Crippen molar-refractivity contribution in [3.05, 3.63) is 29.8 Å². The van der Waals surface area contributed by atoms with Crippen LogP contribution in [0.1, 0.15) is 32.3 Å². The first-order valence-corrected chi connectivity index (χ1v) is 6.07. The van der Waals surface area contributed by atoms with Crippen LogP contribution in [0.2, 0.25) is 0 Å². The molecule has 0 N–H and O–H groups in total. The molecule has 0 aromatic heterocycles. The summed E-state index contributed by atoms with van der Waals surface area (Å²) in [6.45, 7) is 4.74. The molecule has 0 saturated carbocycles. The lowest BCUT2D eigenvalue weighted by atomic mass is 10.1. The lowest BCUT2D eigenvalue weighted by Crippen LogP contribution is -2.03. The van der Waals surface area contributed by atoms with Crippen LogP contribution in [0.4, 0.5) is 0 Å². The zero-order valence-electron chi connectivity index (χ0n) is 10.6. The predicted molar refractivity (Wildman–Crippen MR) is 67.2 cm³/mol. The summed E-state index contributed by atoms with van der Waals surface area (Å²) in [5.74, 6) is 0.652. The summed E-state index contributed by atoms with van der Waals surface area (Å²) in [5.41, 5.74) is 1.13. The van der Waals surface area contributed by atoms with Crippen molar-refractivity contribution in [1.29, 1.82) is 0 Å². The van der Waals surface area contributed by atoms with E-state index in [0.29, 0.717) is 6.61 Å². The van der Waals surface area contributed by atoms with Gasteiger partial charge in [-0.3, -0.25) is 4.79 Å². The van der Waals surface area contributed by atoms with Gasteiger partial charge in [0, 0.05) is 13.3 Å². The molecule has 0 fully saturated rings. The van der Waals surface area contributed by atoms with E-state index in [0.717, 1.165) is 37.2 Å². The topological polar surface area (TPSA) is 35.5 Å². The number of ether oxygens (including phenoxy) is 2. The molecule has 3 nitrogen and oxygen atoms in total. The van der Waals surface area contributed by atoms with E-state index >= 15 is 0 Å². The third kappa shape index (κ3) is 5.95. The highest BCUT2D eigenvalue weighted by molar-refractivity contribution is 5.65. The fourth-order valence-corrected chi connectivity index (χ4v) is 1.44. The molecule has 0 saturated heterocycles. The number of unbranched alkanes of at least 4 members (excludes halogenated alkanes) is 1. The molecule has 0 atom stereocenters. The van der Waals surface area contributed by atoms with E-state index in [-0.39, 0.29) is 5.97 Å². The second-order valence-corrected chi connectivity index (χ2v) is 3.94. The van der Waals surface area contributed by atoms with Crippen molar-refractivity contribution in [2.24, 2.45) is 0 Å². The van der Waals surface area contributed by atoms with E-state index in [1.54, 1.807) is 0 Å². The van der Waals surface area contributed by atoms with Gasteiger partial charge in [-0.2, -0.15) is 0 Å². The van der Waals surface area contributed by atoms with Gasteiger partial charge in [-0.1, -0.05) is 25.5 Å². The lowest BCUT2D eigenvalue weighted by Gasteiger charge is -2.07. The van der Waals surface area contributed by atoms with Crippen molar-refractivity contribution in [3.8, 4) is 5.75 Å². The second kappa shape index (κ2) is 7.71. The van der Waals surface area contributed by atoms with E-state index in [2.05, 4.69) is 6.92 Å². The quantitative estimate of drug-likeness (QED) is 0.539. The normalized spacial score (nSPS) is 10.0. The van der Waals surface area contributed by atoms with Crippen LogP contribution in [0.15, 0.2) is 24.3 Å². The molecule has 3 heteroatoms. The van der Waals surface area contributed by atoms with Gasteiger partial charge >= 0.3 is 5.97 Å². The molecule has 0 amide bonds. The number of carbonyl (C=O) groups is 1. The summed E-state index contributed by atoms with van der Waals surface area (Å²) >= 11 is 0. The Bertz CT molecular complexity index is 347. The van der Waals surface area contributed by atoms with Crippen LogP contribution in [-0.2, 0) is 16.0 Å². The third-order valence-corrected chi connectivity index (χ3v) is 2.36. The summed E-state index contributed by atoms with van der Waals surface area (Å²) in [6, 6.07) is 7.92. The highest BCUT2D eigenvalue weighted by Gasteiger charge is 1.99. The van der Waals surface area contributed by atoms with E-state index < -0.39 is 0 Å². The highest BCUT2D eigenvalue weighted by atomic mass is 16.5. The second-order valence-electron chi connectivity index (χ2n) is 3.94. The van der Waals surface area contributed by atoms with Gasteiger partial charge in [0.1, 0.15) is 5.75 Å². The first-order chi connectivity index (χ1) is 8.22. The maximum absolute atomic E-state index is 10.6. The average molecular weight is 236 g/mol. The van der Waals surface area contributed by atoms with Crippen LogP contribution in [0, 0.1) is 0 Å². The fourth-order valence-electron chi connectivity index (χ4n) is 1.44. The van der Waals surface area contributed by atoms with Crippen LogP contribution < -0.4 is 4.74 Å². The molecule has 17 heavy (non-hydrogen) atoms. The van der Waals surface area contributed by atoms with Crippen molar-refractivity contribution >= 4 is 5.97 Å². The van der Waals surface area contributed by atoms with Gasteiger partial charge < -0.3 is 9.47 Å². The summed E-state index contributed by atoms with van der Waals surface area (Å²) in [4.78, 5) is 10.6. The Morgan fingerprint density at radius 1 is 1.29 bits per heavy atom. The van der Waals surface area contributed by atoms with E-state index in [4.69, 9.17) is 9.47 Å². The smallest absolute Gasteiger partial charge is 0.302 e. The molecule has 1 rings (SSSR count). The minimum Gasteiger partial charge on any atom is -0.494 e. The Balaban J connectivity index is 2.39. The van der Waals surface area contributed by atoms with Gasteiger partial charge in [0.25, 0.3) is 0 Å². The Labute approximate surface area is 103 Å². The van der Waals surface area contributed by atoms with Crippen molar-refractivity contribution in [1.82, 2.24) is 0 Å². The monoisotopic (exact) mass is 236 g/mol. The highest BCUT2D eigenvalue weighted by Crippen LogP contribution is 2.14. The van der Waals surface area contributed by atoms with Crippen molar-refractivity contribution < 1.29 is 14.3 Å². The number of carbonyl (C=O) groups excluding carboxylic acids is 1. The maximum Gasteiger partial charge on any atom is 0.302 e. The van der Waals surface area contributed by atoms with Crippen LogP contribution >= 0.6 is 0 Å². The summed E-state index contributed by atoms with van der Waals surface area (Å²) in [7, 11) is 0. The maximum atomic E-state index is 10.6. The SMILES string of the molecule is CCCCOc1cccc(CCOC(C)=O)c1. The molecule has 0 heterocycles. The van der Waals surface area contributed by atoms with Crippen LogP contribution in [-0.4, -0.2) is 19.2 Å². The van der Waals surface area contributed by atoms with Gasteiger partial charge in [-0.25, -0.2) is 0 Å². The molecule has 0 aliphatic heterocycles. The minimum atomic E-state index is -0.236. The average Bonchev–Trinajstić information content (AvgIpc) is 2.29. The summed E-state index contributed by atoms with van der Waals surface area (Å²) in [6.07, 6.45) is 2.92. The molecule has 1 aromatic carbocycles. The zero-order chi connectivity index (χ0) is 12.5. The fraction of sp³-hybridized carbons (Fsp3) is 0.500. The molecule has 0 spiro atoms. The van der Waals surface area contributed by atoms with E-state index in [1.165, 1.54) is 6.92 Å². The first-order valence-electron chi connectivity index (χ1n) is 6.07. The number of esters is 1.